The van der Waals surface area contributed by atoms with Gasteiger partial charge in [-0.25, -0.2) is 0 Å². The number of nitrogens with one attached hydrogen (secondary N) is 1. The van der Waals surface area contributed by atoms with Gasteiger partial charge in [0.1, 0.15) is 0 Å². The zero-order valence-corrected chi connectivity index (χ0v) is 14.0. The van der Waals surface area contributed by atoms with Crippen LogP contribution in [0.15, 0.2) is 18.2 Å². The second kappa shape index (κ2) is 6.69. The van der Waals surface area contributed by atoms with Crippen LogP contribution in [-0.4, -0.2) is 19.8 Å². The Balaban J connectivity index is 2.31. The lowest BCUT2D eigenvalue weighted by Crippen LogP contribution is -2.33. The van der Waals surface area contributed by atoms with E-state index in [2.05, 4.69) is 58.1 Å². The molecule has 0 aromatic heterocycles. The highest BCUT2D eigenvalue weighted by atomic mass is 16.5. The van der Waals surface area contributed by atoms with Crippen LogP contribution in [0.3, 0.4) is 0 Å². The Morgan fingerprint density at radius 3 is 2.48 bits per heavy atom. The molecule has 2 atom stereocenters. The molecule has 0 bridgehead atoms. The number of benzene rings is 1. The molecule has 2 unspecified atom stereocenters. The van der Waals surface area contributed by atoms with Crippen LogP contribution in [0.25, 0.3) is 0 Å². The first-order valence-electron chi connectivity index (χ1n) is 8.10. The zero-order valence-electron chi connectivity index (χ0n) is 14.0. The van der Waals surface area contributed by atoms with Gasteiger partial charge in [0.05, 0.1) is 13.2 Å². The quantitative estimate of drug-likeness (QED) is 0.882. The second-order valence-corrected chi connectivity index (χ2v) is 6.77. The van der Waals surface area contributed by atoms with Crippen LogP contribution in [0.2, 0.25) is 0 Å². The number of rotatable bonds is 5. The fraction of sp³-hybridized carbons (Fsp3) is 0.667. The maximum Gasteiger partial charge on any atom is 0.161 e. The van der Waals surface area contributed by atoms with Gasteiger partial charge in [0.15, 0.2) is 11.5 Å². The first-order chi connectivity index (χ1) is 9.97. The van der Waals surface area contributed by atoms with E-state index in [1.165, 1.54) is 5.56 Å². The summed E-state index contributed by atoms with van der Waals surface area (Å²) in [6.45, 7) is 13.6. The van der Waals surface area contributed by atoms with Crippen LogP contribution in [-0.2, 0) is 0 Å². The van der Waals surface area contributed by atoms with Crippen LogP contribution < -0.4 is 14.8 Å². The van der Waals surface area contributed by atoms with Crippen LogP contribution >= 0.6 is 0 Å². The van der Waals surface area contributed by atoms with Gasteiger partial charge in [0, 0.05) is 12.0 Å². The molecule has 1 heterocycles. The molecule has 1 aliphatic heterocycles. The van der Waals surface area contributed by atoms with Gasteiger partial charge in [-0.3, -0.25) is 0 Å². The Morgan fingerprint density at radius 2 is 1.86 bits per heavy atom. The van der Waals surface area contributed by atoms with Gasteiger partial charge in [-0.15, -0.1) is 0 Å². The predicted molar refractivity (Wildman–Crippen MR) is 87.1 cm³/mol. The lowest BCUT2D eigenvalue weighted by molar-refractivity contribution is 0.227. The third-order valence-electron chi connectivity index (χ3n) is 4.45. The topological polar surface area (TPSA) is 30.5 Å². The van der Waals surface area contributed by atoms with E-state index >= 15 is 0 Å². The summed E-state index contributed by atoms with van der Waals surface area (Å²) >= 11 is 0. The molecule has 21 heavy (non-hydrogen) atoms. The van der Waals surface area contributed by atoms with Crippen molar-refractivity contribution in [1.82, 2.24) is 5.32 Å². The van der Waals surface area contributed by atoms with Crippen molar-refractivity contribution in [3.63, 3.8) is 0 Å². The van der Waals surface area contributed by atoms with Crippen molar-refractivity contribution in [3.05, 3.63) is 23.8 Å². The maximum absolute atomic E-state index is 5.92. The molecule has 1 aromatic carbocycles. The van der Waals surface area contributed by atoms with Crippen molar-refractivity contribution < 1.29 is 9.47 Å². The van der Waals surface area contributed by atoms with E-state index in [0.717, 1.165) is 37.7 Å². The molecule has 0 spiro atoms. The molecule has 2 rings (SSSR count). The Hall–Kier alpha value is -1.22. The van der Waals surface area contributed by atoms with Gasteiger partial charge in [-0.05, 0) is 36.1 Å². The largest absolute Gasteiger partial charge is 0.489 e. The van der Waals surface area contributed by atoms with Crippen molar-refractivity contribution in [2.24, 2.45) is 11.3 Å². The van der Waals surface area contributed by atoms with E-state index in [0.29, 0.717) is 12.0 Å². The average molecular weight is 291 g/mol. The van der Waals surface area contributed by atoms with E-state index < -0.39 is 0 Å². The summed E-state index contributed by atoms with van der Waals surface area (Å²) in [5.41, 5.74) is 1.48. The zero-order chi connectivity index (χ0) is 15.5. The van der Waals surface area contributed by atoms with E-state index in [1.807, 2.05) is 0 Å². The van der Waals surface area contributed by atoms with E-state index in [-0.39, 0.29) is 5.41 Å². The molecule has 0 radical (unpaired) electrons. The predicted octanol–water partition coefficient (Wildman–Crippen LogP) is 4.18. The molecule has 3 heteroatoms. The monoisotopic (exact) mass is 291 g/mol. The van der Waals surface area contributed by atoms with E-state index in [1.54, 1.807) is 0 Å². The van der Waals surface area contributed by atoms with Gasteiger partial charge in [-0.1, -0.05) is 40.7 Å². The average Bonchev–Trinajstić information content (AvgIpc) is 2.66. The Bertz CT molecular complexity index is 470. The summed E-state index contributed by atoms with van der Waals surface area (Å²) in [5.74, 6) is 2.18. The summed E-state index contributed by atoms with van der Waals surface area (Å²) < 4.78 is 11.7. The molecule has 0 amide bonds. The van der Waals surface area contributed by atoms with Crippen molar-refractivity contribution in [1.29, 1.82) is 0 Å². The molecule has 3 nitrogen and oxygen atoms in total. The minimum absolute atomic E-state index is 0.198. The highest BCUT2D eigenvalue weighted by Gasteiger charge is 2.29. The molecule has 0 saturated carbocycles. The number of hydrogen-bond donors (Lipinski definition) is 1. The molecular formula is C18H29NO2. The molecule has 1 aromatic rings. The van der Waals surface area contributed by atoms with Crippen LogP contribution in [0.1, 0.15) is 52.6 Å². The molecular weight excluding hydrogens is 262 g/mol. The second-order valence-electron chi connectivity index (χ2n) is 6.77. The number of hydrogen-bond acceptors (Lipinski definition) is 3. The standard InChI is InChI=1S/C18H29NO2/c1-6-18(4,5)17(19-7-2)14-8-9-15-16(10-14)21-12-13(3)11-20-15/h8-10,13,17,19H,6-7,11-12H2,1-5H3. The van der Waals surface area contributed by atoms with Crippen molar-refractivity contribution >= 4 is 0 Å². The van der Waals surface area contributed by atoms with Crippen molar-refractivity contribution in [2.75, 3.05) is 19.8 Å². The highest BCUT2D eigenvalue weighted by Crippen LogP contribution is 2.40. The first-order valence-corrected chi connectivity index (χ1v) is 8.10. The minimum Gasteiger partial charge on any atom is -0.489 e. The normalized spacial score (nSPS) is 20.0. The van der Waals surface area contributed by atoms with Gasteiger partial charge in [0.25, 0.3) is 0 Å². The summed E-state index contributed by atoms with van der Waals surface area (Å²) in [6.07, 6.45) is 1.12. The SMILES string of the molecule is CCNC(c1ccc2c(c1)OCC(C)CO2)C(C)(C)CC. The molecule has 0 aliphatic carbocycles. The third-order valence-corrected chi connectivity index (χ3v) is 4.45. The van der Waals surface area contributed by atoms with Crippen molar-refractivity contribution in [3.8, 4) is 11.5 Å². The highest BCUT2D eigenvalue weighted by molar-refractivity contribution is 5.44. The summed E-state index contributed by atoms with van der Waals surface area (Å²) in [6, 6.07) is 6.70. The Labute approximate surface area is 129 Å². The third kappa shape index (κ3) is 3.70. The smallest absolute Gasteiger partial charge is 0.161 e. The maximum atomic E-state index is 5.92. The number of fused-ring (bicyclic) bond motifs is 1. The molecule has 118 valence electrons. The lowest BCUT2D eigenvalue weighted by atomic mass is 9.78. The van der Waals surface area contributed by atoms with Gasteiger partial charge < -0.3 is 14.8 Å². The van der Waals surface area contributed by atoms with Gasteiger partial charge in [-0.2, -0.15) is 0 Å². The Kier molecular flexibility index (Phi) is 5.15. The van der Waals surface area contributed by atoms with E-state index in [4.69, 9.17) is 9.47 Å². The summed E-state index contributed by atoms with van der Waals surface area (Å²) in [7, 11) is 0. The molecule has 1 N–H and O–H groups in total. The summed E-state index contributed by atoms with van der Waals surface area (Å²) in [4.78, 5) is 0. The summed E-state index contributed by atoms with van der Waals surface area (Å²) in [5, 5.41) is 3.62. The van der Waals surface area contributed by atoms with Crippen LogP contribution in [0.4, 0.5) is 0 Å². The fourth-order valence-corrected chi connectivity index (χ4v) is 2.70. The minimum atomic E-state index is 0.198. The number of ether oxygens (including phenoxy) is 2. The van der Waals surface area contributed by atoms with Gasteiger partial charge >= 0.3 is 0 Å². The fourth-order valence-electron chi connectivity index (χ4n) is 2.70. The molecule has 1 aliphatic rings. The van der Waals surface area contributed by atoms with E-state index in [9.17, 15) is 0 Å². The lowest BCUT2D eigenvalue weighted by Gasteiger charge is -2.34. The van der Waals surface area contributed by atoms with Crippen LogP contribution in [0, 0.1) is 11.3 Å². The van der Waals surface area contributed by atoms with Crippen molar-refractivity contribution in [2.45, 2.75) is 47.1 Å². The first kappa shape index (κ1) is 16.2. The Morgan fingerprint density at radius 1 is 1.19 bits per heavy atom. The van der Waals surface area contributed by atoms with Crippen LogP contribution in [0.5, 0.6) is 11.5 Å². The molecule has 0 saturated heterocycles. The van der Waals surface area contributed by atoms with Gasteiger partial charge in [0.2, 0.25) is 0 Å². The molecule has 0 fully saturated rings.